The summed E-state index contributed by atoms with van der Waals surface area (Å²) in [5.74, 6) is 1.47. The van der Waals surface area contributed by atoms with Gasteiger partial charge in [0.1, 0.15) is 0 Å². The molecule has 3 unspecified atom stereocenters. The summed E-state index contributed by atoms with van der Waals surface area (Å²) in [4.78, 5) is 7.48. The molecule has 3 fully saturated rings. The summed E-state index contributed by atoms with van der Waals surface area (Å²) in [6.45, 7) is 8.31. The molecular formula is C26H42IN3O3. The van der Waals surface area contributed by atoms with E-state index in [1.54, 1.807) is 0 Å². The molecule has 4 rings (SSSR count). The molecule has 6 nitrogen and oxygen atoms in total. The molecule has 0 saturated carbocycles. The second-order valence-corrected chi connectivity index (χ2v) is 9.31. The second-order valence-electron chi connectivity index (χ2n) is 9.31. The third kappa shape index (κ3) is 8.08. The van der Waals surface area contributed by atoms with Crippen LogP contribution >= 0.6 is 24.0 Å². The fourth-order valence-electron chi connectivity index (χ4n) is 5.09. The first kappa shape index (κ1) is 26.7. The number of likely N-dealkylation sites (tertiary alicyclic amines) is 1. The number of rotatable bonds is 7. The highest BCUT2D eigenvalue weighted by Gasteiger charge is 2.28. The van der Waals surface area contributed by atoms with Crippen molar-refractivity contribution in [2.75, 3.05) is 46.0 Å². The molecule has 0 spiro atoms. The zero-order valence-electron chi connectivity index (χ0n) is 20.1. The monoisotopic (exact) mass is 571 g/mol. The van der Waals surface area contributed by atoms with Crippen LogP contribution in [0.15, 0.2) is 35.3 Å². The third-order valence-corrected chi connectivity index (χ3v) is 6.92. The molecule has 1 aromatic carbocycles. The van der Waals surface area contributed by atoms with E-state index in [0.717, 1.165) is 77.6 Å². The van der Waals surface area contributed by atoms with Crippen molar-refractivity contribution in [3.05, 3.63) is 35.9 Å². The minimum atomic E-state index is 0. The Morgan fingerprint density at radius 2 is 1.82 bits per heavy atom. The van der Waals surface area contributed by atoms with E-state index in [2.05, 4.69) is 47.5 Å². The first-order valence-corrected chi connectivity index (χ1v) is 12.8. The van der Waals surface area contributed by atoms with Gasteiger partial charge in [0.05, 0.1) is 24.9 Å². The Hall–Kier alpha value is -0.900. The van der Waals surface area contributed by atoms with Crippen LogP contribution < -0.4 is 5.32 Å². The smallest absolute Gasteiger partial charge is 0.193 e. The van der Waals surface area contributed by atoms with Crippen LogP contribution in [-0.4, -0.2) is 69.1 Å². The van der Waals surface area contributed by atoms with Crippen LogP contribution in [0.1, 0.15) is 63.5 Å². The van der Waals surface area contributed by atoms with Crippen LogP contribution in [0.5, 0.6) is 0 Å². The molecule has 3 heterocycles. The topological polar surface area (TPSA) is 55.3 Å². The summed E-state index contributed by atoms with van der Waals surface area (Å²) in [6, 6.07) is 10.6. The molecule has 0 amide bonds. The van der Waals surface area contributed by atoms with Crippen LogP contribution in [0.25, 0.3) is 0 Å². The summed E-state index contributed by atoms with van der Waals surface area (Å²) < 4.78 is 18.2. The molecule has 33 heavy (non-hydrogen) atoms. The number of benzene rings is 1. The molecule has 3 aliphatic rings. The molecule has 1 aromatic rings. The van der Waals surface area contributed by atoms with Crippen LogP contribution in [0.4, 0.5) is 0 Å². The maximum Gasteiger partial charge on any atom is 0.193 e. The summed E-state index contributed by atoms with van der Waals surface area (Å²) in [5.41, 5.74) is 1.28. The van der Waals surface area contributed by atoms with Crippen LogP contribution in [0.3, 0.4) is 0 Å². The Morgan fingerprint density at radius 3 is 2.55 bits per heavy atom. The van der Waals surface area contributed by atoms with Crippen molar-refractivity contribution in [3.8, 4) is 0 Å². The molecule has 3 saturated heterocycles. The fourth-order valence-corrected chi connectivity index (χ4v) is 5.09. The van der Waals surface area contributed by atoms with Gasteiger partial charge in [0.2, 0.25) is 0 Å². The van der Waals surface area contributed by atoms with Crippen LogP contribution in [0.2, 0.25) is 0 Å². The highest BCUT2D eigenvalue weighted by atomic mass is 127. The van der Waals surface area contributed by atoms with Gasteiger partial charge in [0, 0.05) is 45.3 Å². The van der Waals surface area contributed by atoms with Gasteiger partial charge in [-0.15, -0.1) is 24.0 Å². The maximum atomic E-state index is 6.20. The lowest BCUT2D eigenvalue weighted by atomic mass is 9.89. The lowest BCUT2D eigenvalue weighted by Crippen LogP contribution is -2.47. The Bertz CT molecular complexity index is 691. The predicted molar refractivity (Wildman–Crippen MR) is 143 cm³/mol. The van der Waals surface area contributed by atoms with Gasteiger partial charge in [0.15, 0.2) is 5.96 Å². The van der Waals surface area contributed by atoms with E-state index in [-0.39, 0.29) is 30.1 Å². The maximum absolute atomic E-state index is 6.20. The molecule has 3 atom stereocenters. The highest BCUT2D eigenvalue weighted by Crippen LogP contribution is 2.33. The van der Waals surface area contributed by atoms with Gasteiger partial charge < -0.3 is 24.4 Å². The number of nitrogens with one attached hydrogen (secondary N) is 1. The zero-order chi connectivity index (χ0) is 22.0. The number of nitrogens with zero attached hydrogens (tertiary/aromatic N) is 2. The number of piperidine rings is 1. The minimum absolute atomic E-state index is 0. The number of guanidine groups is 1. The van der Waals surface area contributed by atoms with Crippen molar-refractivity contribution in [3.63, 3.8) is 0 Å². The van der Waals surface area contributed by atoms with E-state index in [1.807, 2.05) is 0 Å². The second kappa shape index (κ2) is 14.5. The Morgan fingerprint density at radius 1 is 1.03 bits per heavy atom. The summed E-state index contributed by atoms with van der Waals surface area (Å²) in [5, 5.41) is 3.52. The molecular weight excluding hydrogens is 529 g/mol. The van der Waals surface area contributed by atoms with Crippen molar-refractivity contribution >= 4 is 29.9 Å². The highest BCUT2D eigenvalue weighted by molar-refractivity contribution is 14.0. The first-order valence-electron chi connectivity index (χ1n) is 12.8. The Kier molecular flexibility index (Phi) is 11.7. The quantitative estimate of drug-likeness (QED) is 0.290. The predicted octanol–water partition coefficient (Wildman–Crippen LogP) is 4.79. The standard InChI is InChI=1S/C26H41N3O3.HI/c1-2-27-26(28-19-22-11-8-18-31-25(22)21-9-4-3-5-10-21)29-15-13-23(14-16-29)32-20-24-12-6-7-17-30-24;/h3-5,9-10,22-25H,2,6-8,11-20H2,1H3,(H,27,28);1H. The lowest BCUT2D eigenvalue weighted by molar-refractivity contribution is -0.0721. The van der Waals surface area contributed by atoms with E-state index in [4.69, 9.17) is 19.2 Å². The normalized spacial score (nSPS) is 27.1. The number of hydrogen-bond acceptors (Lipinski definition) is 4. The number of hydrogen-bond donors (Lipinski definition) is 1. The molecule has 0 aliphatic carbocycles. The number of ether oxygens (including phenoxy) is 3. The van der Waals surface area contributed by atoms with Crippen molar-refractivity contribution in [2.24, 2.45) is 10.9 Å². The largest absolute Gasteiger partial charge is 0.376 e. The van der Waals surface area contributed by atoms with E-state index in [0.29, 0.717) is 18.1 Å². The van der Waals surface area contributed by atoms with Gasteiger partial charge in [-0.1, -0.05) is 30.3 Å². The van der Waals surface area contributed by atoms with Crippen LogP contribution in [-0.2, 0) is 14.2 Å². The average Bonchev–Trinajstić information content (AvgIpc) is 2.87. The summed E-state index contributed by atoms with van der Waals surface area (Å²) in [6.07, 6.45) is 8.79. The molecule has 1 N–H and O–H groups in total. The minimum Gasteiger partial charge on any atom is -0.376 e. The van der Waals surface area contributed by atoms with Gasteiger partial charge >= 0.3 is 0 Å². The third-order valence-electron chi connectivity index (χ3n) is 6.92. The average molecular weight is 572 g/mol. The zero-order valence-corrected chi connectivity index (χ0v) is 22.5. The molecule has 3 aliphatic heterocycles. The first-order chi connectivity index (χ1) is 15.8. The van der Waals surface area contributed by atoms with Gasteiger partial charge in [-0.3, -0.25) is 4.99 Å². The molecule has 0 bridgehead atoms. The van der Waals surface area contributed by atoms with Crippen molar-refractivity contribution in [2.45, 2.75) is 70.2 Å². The van der Waals surface area contributed by atoms with Crippen molar-refractivity contribution in [1.29, 1.82) is 0 Å². The molecule has 0 aromatic heterocycles. The number of aliphatic imine (C=N–C) groups is 1. The fraction of sp³-hybridized carbons (Fsp3) is 0.731. The van der Waals surface area contributed by atoms with E-state index >= 15 is 0 Å². The van der Waals surface area contributed by atoms with Gasteiger partial charge in [-0.25, -0.2) is 0 Å². The van der Waals surface area contributed by atoms with E-state index < -0.39 is 0 Å². The molecule has 186 valence electrons. The molecule has 7 heteroatoms. The van der Waals surface area contributed by atoms with Gasteiger partial charge in [-0.05, 0) is 57.4 Å². The van der Waals surface area contributed by atoms with Crippen molar-refractivity contribution in [1.82, 2.24) is 10.2 Å². The SMILES string of the molecule is CCNC(=NCC1CCCOC1c1ccccc1)N1CCC(OCC2CCCCO2)CC1.I. The van der Waals surface area contributed by atoms with E-state index in [1.165, 1.54) is 24.8 Å². The Labute approximate surface area is 216 Å². The Balaban J connectivity index is 0.00000306. The number of halogens is 1. The molecule has 0 radical (unpaired) electrons. The lowest BCUT2D eigenvalue weighted by Gasteiger charge is -2.36. The van der Waals surface area contributed by atoms with Crippen LogP contribution in [0, 0.1) is 5.92 Å². The van der Waals surface area contributed by atoms with Gasteiger partial charge in [-0.2, -0.15) is 0 Å². The van der Waals surface area contributed by atoms with E-state index in [9.17, 15) is 0 Å². The summed E-state index contributed by atoms with van der Waals surface area (Å²) in [7, 11) is 0. The summed E-state index contributed by atoms with van der Waals surface area (Å²) >= 11 is 0. The van der Waals surface area contributed by atoms with Gasteiger partial charge in [0.25, 0.3) is 0 Å². The van der Waals surface area contributed by atoms with Crippen molar-refractivity contribution < 1.29 is 14.2 Å².